The van der Waals surface area contributed by atoms with E-state index in [1.807, 2.05) is 47.4 Å². The van der Waals surface area contributed by atoms with Crippen LogP contribution in [-0.4, -0.2) is 34.8 Å². The third-order valence-electron chi connectivity index (χ3n) is 8.01. The zero-order valence-corrected chi connectivity index (χ0v) is 21.2. The Morgan fingerprint density at radius 1 is 0.737 bits per heavy atom. The van der Waals surface area contributed by atoms with Crippen molar-refractivity contribution in [3.05, 3.63) is 142 Å². The van der Waals surface area contributed by atoms with Crippen LogP contribution in [0.15, 0.2) is 97.1 Å². The summed E-state index contributed by atoms with van der Waals surface area (Å²) in [5.74, 6) is -0.648. The average molecular weight is 509 g/mol. The minimum Gasteiger partial charge on any atom is -0.333 e. The van der Waals surface area contributed by atoms with Crippen LogP contribution in [0, 0.1) is 11.6 Å². The van der Waals surface area contributed by atoms with Gasteiger partial charge in [-0.25, -0.2) is 8.78 Å². The molecule has 0 aromatic heterocycles. The molecule has 0 N–H and O–H groups in total. The van der Waals surface area contributed by atoms with E-state index in [0.29, 0.717) is 17.7 Å². The zero-order chi connectivity index (χ0) is 26.1. The number of rotatable bonds is 6. The van der Waals surface area contributed by atoms with E-state index < -0.39 is 0 Å². The first-order valence-corrected chi connectivity index (χ1v) is 13.2. The molecule has 5 heteroatoms. The Morgan fingerprint density at radius 2 is 1.32 bits per heavy atom. The Labute approximate surface area is 222 Å². The van der Waals surface area contributed by atoms with Crippen molar-refractivity contribution in [2.24, 2.45) is 0 Å². The molecule has 2 aliphatic rings. The molecule has 1 amide bonds. The quantitative estimate of drug-likeness (QED) is 0.314. The number of carbonyl (C=O) groups excluding carboxylic acids is 1. The first-order chi connectivity index (χ1) is 18.6. The van der Waals surface area contributed by atoms with Gasteiger partial charge in [-0.2, -0.15) is 0 Å². The summed E-state index contributed by atoms with van der Waals surface area (Å²) in [6, 6.07) is 29.4. The molecule has 38 heavy (non-hydrogen) atoms. The van der Waals surface area contributed by atoms with Gasteiger partial charge < -0.3 is 4.90 Å². The van der Waals surface area contributed by atoms with Crippen molar-refractivity contribution in [2.75, 3.05) is 13.1 Å². The van der Waals surface area contributed by atoms with Crippen LogP contribution in [-0.2, 0) is 30.6 Å². The van der Waals surface area contributed by atoms with E-state index in [2.05, 4.69) is 23.1 Å². The third kappa shape index (κ3) is 4.74. The van der Waals surface area contributed by atoms with E-state index in [4.69, 9.17) is 0 Å². The van der Waals surface area contributed by atoms with Crippen molar-refractivity contribution in [3.8, 4) is 0 Å². The summed E-state index contributed by atoms with van der Waals surface area (Å²) in [7, 11) is 0. The molecule has 0 bridgehead atoms. The molecule has 4 aromatic carbocycles. The van der Waals surface area contributed by atoms with Crippen molar-refractivity contribution in [2.45, 2.75) is 37.9 Å². The first-order valence-electron chi connectivity index (χ1n) is 13.2. The van der Waals surface area contributed by atoms with Crippen LogP contribution in [0.2, 0.25) is 0 Å². The monoisotopic (exact) mass is 508 g/mol. The topological polar surface area (TPSA) is 23.6 Å². The van der Waals surface area contributed by atoms with E-state index in [9.17, 15) is 9.18 Å². The van der Waals surface area contributed by atoms with Gasteiger partial charge in [-0.15, -0.1) is 0 Å². The van der Waals surface area contributed by atoms with E-state index >= 15 is 4.39 Å². The summed E-state index contributed by atoms with van der Waals surface area (Å²) in [6.45, 7) is 0.980. The summed E-state index contributed by atoms with van der Waals surface area (Å²) >= 11 is 0. The van der Waals surface area contributed by atoms with Crippen LogP contribution in [0.25, 0.3) is 0 Å². The summed E-state index contributed by atoms with van der Waals surface area (Å²) in [4.78, 5) is 18.0. The van der Waals surface area contributed by atoms with Gasteiger partial charge in [0.1, 0.15) is 11.6 Å². The van der Waals surface area contributed by atoms with Crippen LogP contribution >= 0.6 is 0 Å². The average Bonchev–Trinajstić information content (AvgIpc) is 3.37. The highest BCUT2D eigenvalue weighted by Gasteiger charge is 2.35. The number of hydrogen-bond donors (Lipinski definition) is 0. The third-order valence-corrected chi connectivity index (χ3v) is 8.01. The predicted octanol–water partition coefficient (Wildman–Crippen LogP) is 6.11. The highest BCUT2D eigenvalue weighted by Crippen LogP contribution is 2.36. The normalized spacial score (nSPS) is 17.2. The molecule has 1 unspecified atom stereocenters. The summed E-state index contributed by atoms with van der Waals surface area (Å²) in [5, 5.41) is 0. The Kier molecular flexibility index (Phi) is 6.77. The zero-order valence-electron chi connectivity index (χ0n) is 21.2. The van der Waals surface area contributed by atoms with Crippen molar-refractivity contribution in [3.63, 3.8) is 0 Å². The van der Waals surface area contributed by atoms with E-state index in [1.54, 1.807) is 24.3 Å². The molecule has 192 valence electrons. The molecule has 0 fully saturated rings. The first kappa shape index (κ1) is 24.5. The molecule has 0 radical (unpaired) electrons. The molecular weight excluding hydrogens is 478 g/mol. The molecule has 1 aliphatic carbocycles. The Bertz CT molecular complexity index is 1440. The van der Waals surface area contributed by atoms with Gasteiger partial charge in [-0.05, 0) is 53.6 Å². The lowest BCUT2D eigenvalue weighted by molar-refractivity contribution is -0.136. The van der Waals surface area contributed by atoms with Gasteiger partial charge in [0.05, 0.1) is 12.6 Å². The number of carbonyl (C=O) groups is 1. The maximum absolute atomic E-state index is 15.1. The number of nitrogens with zero attached hydrogens (tertiary/aromatic N) is 2. The molecule has 0 saturated heterocycles. The predicted molar refractivity (Wildman–Crippen MR) is 145 cm³/mol. The van der Waals surface area contributed by atoms with E-state index in [-0.39, 0.29) is 42.7 Å². The SMILES string of the molecule is O=C(CN1CCc2ccccc2C1c1ccccc1F)N(Cc1ccccc1F)C1Cc2ccccc2C1. The highest BCUT2D eigenvalue weighted by atomic mass is 19.1. The van der Waals surface area contributed by atoms with Gasteiger partial charge in [0.2, 0.25) is 5.91 Å². The Hall–Kier alpha value is -3.83. The summed E-state index contributed by atoms with van der Waals surface area (Å²) in [6.07, 6.45) is 2.28. The molecule has 4 aromatic rings. The van der Waals surface area contributed by atoms with Crippen LogP contribution in [0.3, 0.4) is 0 Å². The van der Waals surface area contributed by atoms with Crippen molar-refractivity contribution >= 4 is 5.91 Å². The second kappa shape index (κ2) is 10.5. The van der Waals surface area contributed by atoms with Gasteiger partial charge in [0, 0.05) is 30.3 Å². The fraction of sp³-hybridized carbons (Fsp3) is 0.242. The second-order valence-corrected chi connectivity index (χ2v) is 10.3. The number of hydrogen-bond acceptors (Lipinski definition) is 2. The number of fused-ring (bicyclic) bond motifs is 2. The summed E-state index contributed by atoms with van der Waals surface area (Å²) in [5.41, 5.74) is 5.76. The van der Waals surface area contributed by atoms with Gasteiger partial charge in [-0.1, -0.05) is 84.9 Å². The maximum atomic E-state index is 15.1. The molecule has 0 saturated carbocycles. The van der Waals surface area contributed by atoms with E-state index in [0.717, 1.165) is 24.8 Å². The van der Waals surface area contributed by atoms with Crippen LogP contribution in [0.5, 0.6) is 0 Å². The highest BCUT2D eigenvalue weighted by molar-refractivity contribution is 5.79. The fourth-order valence-electron chi connectivity index (χ4n) is 6.10. The maximum Gasteiger partial charge on any atom is 0.237 e. The van der Waals surface area contributed by atoms with Gasteiger partial charge in [0.15, 0.2) is 0 Å². The van der Waals surface area contributed by atoms with Crippen molar-refractivity contribution in [1.82, 2.24) is 9.80 Å². The summed E-state index contributed by atoms with van der Waals surface area (Å²) < 4.78 is 29.8. The molecule has 6 rings (SSSR count). The van der Waals surface area contributed by atoms with Crippen LogP contribution in [0.4, 0.5) is 8.78 Å². The lowest BCUT2D eigenvalue weighted by atomic mass is 9.88. The lowest BCUT2D eigenvalue weighted by Gasteiger charge is -2.39. The lowest BCUT2D eigenvalue weighted by Crippen LogP contribution is -2.48. The molecule has 3 nitrogen and oxygen atoms in total. The standard InChI is InChI=1S/C33H30F2N2O/c34-30-15-7-4-12-26(30)21-37(27-19-24-10-1-2-11-25(24)20-27)32(38)22-36-18-17-23-9-3-5-13-28(23)33(36)29-14-6-8-16-31(29)35/h1-16,27,33H,17-22H2. The van der Waals surface area contributed by atoms with Crippen LogP contribution in [0.1, 0.15) is 39.4 Å². The second-order valence-electron chi connectivity index (χ2n) is 10.3. The smallest absolute Gasteiger partial charge is 0.237 e. The van der Waals surface area contributed by atoms with Gasteiger partial charge in [0.25, 0.3) is 0 Å². The molecular formula is C33H30F2N2O. The van der Waals surface area contributed by atoms with Crippen molar-refractivity contribution in [1.29, 1.82) is 0 Å². The number of benzene rings is 4. The molecule has 1 aliphatic heterocycles. The minimum absolute atomic E-state index is 0.0523. The fourth-order valence-corrected chi connectivity index (χ4v) is 6.10. The van der Waals surface area contributed by atoms with Gasteiger partial charge in [-0.3, -0.25) is 9.69 Å². The van der Waals surface area contributed by atoms with Crippen molar-refractivity contribution < 1.29 is 13.6 Å². The minimum atomic E-state index is -0.360. The number of halogens is 2. The molecule has 1 heterocycles. The van der Waals surface area contributed by atoms with Crippen LogP contribution < -0.4 is 0 Å². The Morgan fingerprint density at radius 3 is 2.00 bits per heavy atom. The Balaban J connectivity index is 1.32. The van der Waals surface area contributed by atoms with E-state index in [1.165, 1.54) is 28.8 Å². The molecule has 1 atom stereocenters. The molecule has 0 spiro atoms. The largest absolute Gasteiger partial charge is 0.333 e. The number of amides is 1. The van der Waals surface area contributed by atoms with Gasteiger partial charge >= 0.3 is 0 Å².